The molecule has 142 valence electrons. The number of nitrogens with zero attached hydrogens (tertiary/aromatic N) is 2. The number of anilines is 2. The van der Waals surface area contributed by atoms with Gasteiger partial charge in [-0.3, -0.25) is 0 Å². The summed E-state index contributed by atoms with van der Waals surface area (Å²) in [5.74, 6) is -0.317. The van der Waals surface area contributed by atoms with E-state index in [9.17, 15) is 18.0 Å². The highest BCUT2D eigenvalue weighted by Crippen LogP contribution is 2.25. The zero-order valence-corrected chi connectivity index (χ0v) is 15.1. The maximum absolute atomic E-state index is 12.2. The smallest absolute Gasteiger partial charge is 0.406 e. The summed E-state index contributed by atoms with van der Waals surface area (Å²) in [5, 5.41) is 3.27. The summed E-state index contributed by atoms with van der Waals surface area (Å²) < 4.78 is 41.8. The van der Waals surface area contributed by atoms with Crippen LogP contribution in [0.5, 0.6) is 5.75 Å². The number of ether oxygens (including phenoxy) is 1. The predicted octanol–water partition coefficient (Wildman–Crippen LogP) is 4.56. The molecule has 0 bridgehead atoms. The van der Waals surface area contributed by atoms with E-state index >= 15 is 0 Å². The molecular formula is C18H16F3N3O2S. The van der Waals surface area contributed by atoms with E-state index in [1.807, 2.05) is 24.3 Å². The normalized spacial score (nSPS) is 11.4. The van der Waals surface area contributed by atoms with Gasteiger partial charge in [-0.25, -0.2) is 8.75 Å². The van der Waals surface area contributed by atoms with E-state index in [0.29, 0.717) is 17.4 Å². The Hall–Kier alpha value is -2.81. The molecule has 0 fully saturated rings. The number of rotatable bonds is 6. The standard InChI is InChI=1S/C18H16F3N3O2S/c1-2-12-3-5-13(6-4-12)11-24-17(25)23-16(27-24)22-14-7-9-15(10-8-14)26-18(19,20)21/h3-10H,2,11H2,1H3,(H,22,23,25). The van der Waals surface area contributed by atoms with Crippen LogP contribution in [0.15, 0.2) is 53.3 Å². The van der Waals surface area contributed by atoms with Crippen LogP contribution in [0.3, 0.4) is 0 Å². The van der Waals surface area contributed by atoms with Gasteiger partial charge in [0.15, 0.2) is 0 Å². The number of halogens is 3. The third-order valence-electron chi connectivity index (χ3n) is 3.70. The molecule has 1 N–H and O–H groups in total. The van der Waals surface area contributed by atoms with Gasteiger partial charge in [-0.05, 0) is 53.3 Å². The molecule has 3 rings (SSSR count). The van der Waals surface area contributed by atoms with Crippen molar-refractivity contribution in [1.29, 1.82) is 0 Å². The average Bonchev–Trinajstić information content (AvgIpc) is 2.95. The summed E-state index contributed by atoms with van der Waals surface area (Å²) in [7, 11) is 0. The van der Waals surface area contributed by atoms with Crippen LogP contribution in [0.25, 0.3) is 0 Å². The maximum atomic E-state index is 12.2. The van der Waals surface area contributed by atoms with E-state index in [1.165, 1.54) is 33.8 Å². The Kier molecular flexibility index (Phi) is 5.50. The highest BCUT2D eigenvalue weighted by Gasteiger charge is 2.30. The third-order valence-corrected chi connectivity index (χ3v) is 4.58. The summed E-state index contributed by atoms with van der Waals surface area (Å²) >= 11 is 1.14. The van der Waals surface area contributed by atoms with E-state index in [1.54, 1.807) is 0 Å². The van der Waals surface area contributed by atoms with Crippen LogP contribution in [-0.2, 0) is 13.0 Å². The van der Waals surface area contributed by atoms with E-state index < -0.39 is 6.36 Å². The predicted molar refractivity (Wildman–Crippen MR) is 97.7 cm³/mol. The third kappa shape index (κ3) is 5.33. The molecule has 0 spiro atoms. The number of nitrogens with one attached hydrogen (secondary N) is 1. The van der Waals surface area contributed by atoms with Crippen molar-refractivity contribution in [3.8, 4) is 5.75 Å². The van der Waals surface area contributed by atoms with Crippen molar-refractivity contribution in [2.24, 2.45) is 0 Å². The molecule has 0 aliphatic carbocycles. The van der Waals surface area contributed by atoms with Crippen molar-refractivity contribution in [2.45, 2.75) is 26.3 Å². The lowest BCUT2D eigenvalue weighted by molar-refractivity contribution is -0.274. The molecule has 0 aliphatic rings. The fourth-order valence-corrected chi connectivity index (χ4v) is 3.19. The second-order valence-corrected chi connectivity index (χ2v) is 6.70. The molecule has 0 amide bonds. The fraction of sp³-hybridized carbons (Fsp3) is 0.222. The van der Waals surface area contributed by atoms with Gasteiger partial charge < -0.3 is 10.1 Å². The molecule has 9 heteroatoms. The summed E-state index contributed by atoms with van der Waals surface area (Å²) in [6.45, 7) is 2.48. The Morgan fingerprint density at radius 1 is 1.07 bits per heavy atom. The van der Waals surface area contributed by atoms with Gasteiger partial charge in [-0.2, -0.15) is 4.98 Å². The zero-order valence-electron chi connectivity index (χ0n) is 14.3. The lowest BCUT2D eigenvalue weighted by Crippen LogP contribution is -2.17. The molecular weight excluding hydrogens is 379 g/mol. The zero-order chi connectivity index (χ0) is 19.4. The highest BCUT2D eigenvalue weighted by atomic mass is 32.1. The van der Waals surface area contributed by atoms with Crippen LogP contribution in [-0.4, -0.2) is 15.3 Å². The molecule has 2 aromatic carbocycles. The number of alkyl halides is 3. The number of benzene rings is 2. The molecule has 0 unspecified atom stereocenters. The van der Waals surface area contributed by atoms with Crippen LogP contribution < -0.4 is 15.7 Å². The summed E-state index contributed by atoms with van der Waals surface area (Å²) in [6, 6.07) is 13.2. The lowest BCUT2D eigenvalue weighted by atomic mass is 10.1. The van der Waals surface area contributed by atoms with Crippen molar-refractivity contribution < 1.29 is 17.9 Å². The quantitative estimate of drug-likeness (QED) is 0.665. The van der Waals surface area contributed by atoms with Gasteiger partial charge in [0.2, 0.25) is 5.13 Å². The topological polar surface area (TPSA) is 56.1 Å². The first kappa shape index (κ1) is 19.0. The highest BCUT2D eigenvalue weighted by molar-refractivity contribution is 7.10. The molecule has 3 aromatic rings. The number of aryl methyl sites for hydroxylation is 1. The second-order valence-electron chi connectivity index (χ2n) is 5.69. The molecule has 0 radical (unpaired) electrons. The number of hydrogen-bond acceptors (Lipinski definition) is 5. The van der Waals surface area contributed by atoms with Crippen LogP contribution in [0, 0.1) is 0 Å². The van der Waals surface area contributed by atoms with Gasteiger partial charge >= 0.3 is 12.1 Å². The van der Waals surface area contributed by atoms with E-state index in [0.717, 1.165) is 23.5 Å². The van der Waals surface area contributed by atoms with Crippen molar-refractivity contribution in [3.63, 3.8) is 0 Å². The number of hydrogen-bond donors (Lipinski definition) is 1. The van der Waals surface area contributed by atoms with Gasteiger partial charge in [-0.15, -0.1) is 13.2 Å². The van der Waals surface area contributed by atoms with Crippen molar-refractivity contribution in [2.75, 3.05) is 5.32 Å². The Labute approximate surface area is 157 Å². The first-order chi connectivity index (χ1) is 12.8. The van der Waals surface area contributed by atoms with Gasteiger partial charge in [0.05, 0.1) is 6.54 Å². The molecule has 0 aliphatic heterocycles. The lowest BCUT2D eigenvalue weighted by Gasteiger charge is -2.09. The Morgan fingerprint density at radius 2 is 1.70 bits per heavy atom. The molecule has 27 heavy (non-hydrogen) atoms. The molecule has 0 atom stereocenters. The molecule has 0 saturated heterocycles. The van der Waals surface area contributed by atoms with Crippen molar-refractivity contribution in [1.82, 2.24) is 8.94 Å². The molecule has 1 aromatic heterocycles. The van der Waals surface area contributed by atoms with Crippen LogP contribution in [0.2, 0.25) is 0 Å². The van der Waals surface area contributed by atoms with Crippen LogP contribution >= 0.6 is 11.5 Å². The molecule has 0 saturated carbocycles. The Morgan fingerprint density at radius 3 is 2.30 bits per heavy atom. The average molecular weight is 395 g/mol. The summed E-state index contributed by atoms with van der Waals surface area (Å²) in [4.78, 5) is 16.0. The van der Waals surface area contributed by atoms with Crippen LogP contribution in [0.4, 0.5) is 24.0 Å². The molecule has 5 nitrogen and oxygen atoms in total. The first-order valence-corrected chi connectivity index (χ1v) is 8.88. The fourth-order valence-electron chi connectivity index (χ4n) is 2.37. The van der Waals surface area contributed by atoms with Gasteiger partial charge in [0, 0.05) is 5.69 Å². The summed E-state index contributed by atoms with van der Waals surface area (Å²) in [6.07, 6.45) is -3.79. The van der Waals surface area contributed by atoms with E-state index in [2.05, 4.69) is 22.0 Å². The Balaban J connectivity index is 1.68. The van der Waals surface area contributed by atoms with Gasteiger partial charge in [-0.1, -0.05) is 31.2 Å². The number of aromatic nitrogens is 2. The minimum absolute atomic E-state index is 0.317. The van der Waals surface area contributed by atoms with Crippen molar-refractivity contribution in [3.05, 3.63) is 70.1 Å². The van der Waals surface area contributed by atoms with E-state index in [-0.39, 0.29) is 11.4 Å². The first-order valence-electron chi connectivity index (χ1n) is 8.11. The van der Waals surface area contributed by atoms with E-state index in [4.69, 9.17) is 0 Å². The molecule has 1 heterocycles. The largest absolute Gasteiger partial charge is 0.573 e. The van der Waals surface area contributed by atoms with Crippen LogP contribution in [0.1, 0.15) is 18.1 Å². The minimum Gasteiger partial charge on any atom is -0.406 e. The van der Waals surface area contributed by atoms with Crippen molar-refractivity contribution >= 4 is 22.4 Å². The second kappa shape index (κ2) is 7.83. The maximum Gasteiger partial charge on any atom is 0.573 e. The van der Waals surface area contributed by atoms with Gasteiger partial charge in [0.1, 0.15) is 5.75 Å². The summed E-state index contributed by atoms with van der Waals surface area (Å²) in [5.41, 5.74) is 2.31. The van der Waals surface area contributed by atoms with Gasteiger partial charge in [0.25, 0.3) is 0 Å². The monoisotopic (exact) mass is 395 g/mol. The minimum atomic E-state index is -4.73. The Bertz CT molecular complexity index is 948. The SMILES string of the molecule is CCc1ccc(Cn2sc(Nc3ccc(OC(F)(F)F)cc3)nc2=O)cc1.